The maximum Gasteiger partial charge on any atom is 0.147 e. The third-order valence-corrected chi connectivity index (χ3v) is 3.78. The molecule has 2 aromatic rings. The van der Waals surface area contributed by atoms with Gasteiger partial charge >= 0.3 is 0 Å². The predicted molar refractivity (Wildman–Crippen MR) is 79.9 cm³/mol. The highest BCUT2D eigenvalue weighted by Crippen LogP contribution is 2.26. The van der Waals surface area contributed by atoms with E-state index in [-0.39, 0.29) is 0 Å². The quantitative estimate of drug-likeness (QED) is 0.937. The molecule has 5 nitrogen and oxygen atoms in total. The summed E-state index contributed by atoms with van der Waals surface area (Å²) in [7, 11) is 0. The topological polar surface area (TPSA) is 46.0 Å². The number of aromatic nitrogens is 3. The lowest BCUT2D eigenvalue weighted by Crippen LogP contribution is -2.34. The molecule has 0 radical (unpaired) electrons. The van der Waals surface area contributed by atoms with Gasteiger partial charge in [0.15, 0.2) is 0 Å². The Morgan fingerprint density at radius 3 is 3.05 bits per heavy atom. The van der Waals surface area contributed by atoms with E-state index in [0.29, 0.717) is 5.02 Å². The summed E-state index contributed by atoms with van der Waals surface area (Å²) in [5, 5.41) is 3.98. The Labute approximate surface area is 123 Å². The fourth-order valence-electron chi connectivity index (χ4n) is 2.42. The van der Waals surface area contributed by atoms with Crippen molar-refractivity contribution in [3.63, 3.8) is 0 Å². The van der Waals surface area contributed by atoms with Crippen LogP contribution in [0.5, 0.6) is 0 Å². The highest BCUT2D eigenvalue weighted by molar-refractivity contribution is 6.33. The monoisotopic (exact) mass is 291 g/mol. The molecule has 3 heterocycles. The van der Waals surface area contributed by atoms with Crippen molar-refractivity contribution in [2.24, 2.45) is 0 Å². The highest BCUT2D eigenvalue weighted by Gasteiger charge is 2.19. The zero-order valence-electron chi connectivity index (χ0n) is 11.5. The lowest BCUT2D eigenvalue weighted by atomic mass is 10.2. The second kappa shape index (κ2) is 5.81. The number of hydrogen-bond acceptors (Lipinski definition) is 4. The SMILES string of the molecule is CCNCc1cnc(N2CCn3ccnc3C2)c(Cl)c1. The smallest absolute Gasteiger partial charge is 0.147 e. The van der Waals surface area contributed by atoms with Crippen LogP contribution in [0.3, 0.4) is 0 Å². The number of nitrogens with zero attached hydrogens (tertiary/aromatic N) is 4. The van der Waals surface area contributed by atoms with Crippen LogP contribution >= 0.6 is 11.6 Å². The van der Waals surface area contributed by atoms with Crippen molar-refractivity contribution in [3.05, 3.63) is 41.1 Å². The number of halogens is 1. The summed E-state index contributed by atoms with van der Waals surface area (Å²) in [5.74, 6) is 1.91. The second-order valence-electron chi connectivity index (χ2n) is 4.89. The molecule has 0 saturated heterocycles. The molecule has 0 spiro atoms. The predicted octanol–water partition coefficient (Wildman–Crippen LogP) is 2.06. The fourth-order valence-corrected chi connectivity index (χ4v) is 2.73. The van der Waals surface area contributed by atoms with Crippen molar-refractivity contribution in [2.45, 2.75) is 26.6 Å². The summed E-state index contributed by atoms with van der Waals surface area (Å²) in [6, 6.07) is 1.99. The van der Waals surface area contributed by atoms with Crippen molar-refractivity contribution in [3.8, 4) is 0 Å². The Morgan fingerprint density at radius 1 is 1.35 bits per heavy atom. The Hall–Kier alpha value is -1.59. The summed E-state index contributed by atoms with van der Waals surface area (Å²) < 4.78 is 2.17. The van der Waals surface area contributed by atoms with Gasteiger partial charge in [-0.3, -0.25) is 0 Å². The number of anilines is 1. The molecule has 3 rings (SSSR count). The van der Waals surface area contributed by atoms with Crippen molar-refractivity contribution < 1.29 is 0 Å². The van der Waals surface area contributed by atoms with Gasteiger partial charge in [-0.1, -0.05) is 18.5 Å². The first kappa shape index (κ1) is 13.4. The Bertz CT molecular complexity index is 595. The van der Waals surface area contributed by atoms with Crippen LogP contribution in [-0.4, -0.2) is 27.6 Å². The summed E-state index contributed by atoms with van der Waals surface area (Å²) >= 11 is 6.38. The maximum atomic E-state index is 6.38. The zero-order valence-corrected chi connectivity index (χ0v) is 12.3. The Morgan fingerprint density at radius 2 is 2.25 bits per heavy atom. The third kappa shape index (κ3) is 2.64. The molecule has 2 aromatic heterocycles. The largest absolute Gasteiger partial charge is 0.346 e. The number of hydrogen-bond donors (Lipinski definition) is 1. The molecule has 0 unspecified atom stereocenters. The van der Waals surface area contributed by atoms with Gasteiger partial charge in [0, 0.05) is 38.2 Å². The van der Waals surface area contributed by atoms with Crippen molar-refractivity contribution >= 4 is 17.4 Å². The van der Waals surface area contributed by atoms with Crippen LogP contribution in [0.2, 0.25) is 5.02 Å². The lowest BCUT2D eigenvalue weighted by Gasteiger charge is -2.29. The molecule has 0 saturated carbocycles. The zero-order chi connectivity index (χ0) is 13.9. The summed E-state index contributed by atoms with van der Waals surface area (Å²) in [4.78, 5) is 11.1. The number of nitrogens with one attached hydrogen (secondary N) is 1. The summed E-state index contributed by atoms with van der Waals surface area (Å²) in [6.45, 7) is 6.41. The lowest BCUT2D eigenvalue weighted by molar-refractivity contribution is 0.556. The second-order valence-corrected chi connectivity index (χ2v) is 5.29. The van der Waals surface area contributed by atoms with Crippen LogP contribution in [0.25, 0.3) is 0 Å². The Kier molecular flexibility index (Phi) is 3.89. The average Bonchev–Trinajstić information content (AvgIpc) is 2.92. The molecular weight excluding hydrogens is 274 g/mol. The van der Waals surface area contributed by atoms with E-state index in [1.165, 1.54) is 0 Å². The van der Waals surface area contributed by atoms with Crippen LogP contribution in [-0.2, 0) is 19.6 Å². The van der Waals surface area contributed by atoms with E-state index in [2.05, 4.69) is 31.7 Å². The number of fused-ring (bicyclic) bond motifs is 1. The molecule has 6 heteroatoms. The minimum Gasteiger partial charge on any atom is -0.346 e. The third-order valence-electron chi connectivity index (χ3n) is 3.50. The van der Waals surface area contributed by atoms with Crippen LogP contribution in [0, 0.1) is 0 Å². The standard InChI is InChI=1S/C14H18ClN5/c1-2-16-8-11-7-12(15)14(18-9-11)20-6-5-19-4-3-17-13(19)10-20/h3-4,7,9,16H,2,5-6,8,10H2,1H3. The van der Waals surface area contributed by atoms with Crippen LogP contribution in [0.15, 0.2) is 24.7 Å². The van der Waals surface area contributed by atoms with Gasteiger partial charge < -0.3 is 14.8 Å². The van der Waals surface area contributed by atoms with Gasteiger partial charge in [0.1, 0.15) is 11.6 Å². The summed E-state index contributed by atoms with van der Waals surface area (Å²) in [5.41, 5.74) is 1.11. The number of imidazole rings is 1. The van der Waals surface area contributed by atoms with Crippen molar-refractivity contribution in [1.29, 1.82) is 0 Å². The molecule has 0 aromatic carbocycles. The van der Waals surface area contributed by atoms with Crippen molar-refractivity contribution in [2.75, 3.05) is 18.0 Å². The van der Waals surface area contributed by atoms with E-state index in [1.54, 1.807) is 0 Å². The van der Waals surface area contributed by atoms with E-state index in [4.69, 9.17) is 11.6 Å². The van der Waals surface area contributed by atoms with E-state index in [9.17, 15) is 0 Å². The van der Waals surface area contributed by atoms with Gasteiger partial charge in [-0.15, -0.1) is 0 Å². The van der Waals surface area contributed by atoms with Crippen LogP contribution in [0.4, 0.5) is 5.82 Å². The molecule has 0 atom stereocenters. The number of rotatable bonds is 4. The van der Waals surface area contributed by atoms with E-state index >= 15 is 0 Å². The fraction of sp³-hybridized carbons (Fsp3) is 0.429. The minimum atomic E-state index is 0.709. The first-order chi connectivity index (χ1) is 9.78. The van der Waals surface area contributed by atoms with Gasteiger partial charge in [0.25, 0.3) is 0 Å². The van der Waals surface area contributed by atoms with E-state index in [1.807, 2.05) is 24.7 Å². The Balaban J connectivity index is 1.78. The molecular formula is C14H18ClN5. The van der Waals surface area contributed by atoms with Gasteiger partial charge in [0.05, 0.1) is 11.6 Å². The molecule has 0 amide bonds. The average molecular weight is 292 g/mol. The first-order valence-electron chi connectivity index (χ1n) is 6.88. The molecule has 20 heavy (non-hydrogen) atoms. The van der Waals surface area contributed by atoms with Gasteiger partial charge in [-0.05, 0) is 18.2 Å². The van der Waals surface area contributed by atoms with Crippen LogP contribution in [0.1, 0.15) is 18.3 Å². The van der Waals surface area contributed by atoms with Gasteiger partial charge in [-0.25, -0.2) is 9.97 Å². The van der Waals surface area contributed by atoms with E-state index < -0.39 is 0 Å². The molecule has 1 N–H and O–H groups in total. The van der Waals surface area contributed by atoms with Gasteiger partial charge in [0.2, 0.25) is 0 Å². The first-order valence-corrected chi connectivity index (χ1v) is 7.26. The maximum absolute atomic E-state index is 6.38. The number of pyridine rings is 1. The molecule has 0 bridgehead atoms. The molecule has 0 fully saturated rings. The minimum absolute atomic E-state index is 0.709. The molecule has 106 valence electrons. The van der Waals surface area contributed by atoms with Crippen molar-refractivity contribution in [1.82, 2.24) is 19.9 Å². The molecule has 1 aliphatic heterocycles. The van der Waals surface area contributed by atoms with Gasteiger partial charge in [-0.2, -0.15) is 0 Å². The van der Waals surface area contributed by atoms with E-state index in [0.717, 1.165) is 49.9 Å². The van der Waals surface area contributed by atoms with Crippen LogP contribution < -0.4 is 10.2 Å². The summed E-state index contributed by atoms with van der Waals surface area (Å²) in [6.07, 6.45) is 5.75. The molecule has 0 aliphatic carbocycles. The normalized spacial score (nSPS) is 14.4. The highest BCUT2D eigenvalue weighted by atomic mass is 35.5. The molecule has 1 aliphatic rings.